The summed E-state index contributed by atoms with van der Waals surface area (Å²) >= 11 is 3.49. The Kier molecular flexibility index (Phi) is 4.96. The van der Waals surface area contributed by atoms with Gasteiger partial charge in [0.25, 0.3) is 0 Å². The maximum absolute atomic E-state index is 4.40. The SMILES string of the molecule is CNCCCc1cnn(Cc2cccc(Br)c2)c1. The number of aromatic nitrogens is 2. The summed E-state index contributed by atoms with van der Waals surface area (Å²) in [5.74, 6) is 0. The Morgan fingerprint density at radius 2 is 2.22 bits per heavy atom. The second kappa shape index (κ2) is 6.71. The van der Waals surface area contributed by atoms with Gasteiger partial charge in [-0.05, 0) is 49.7 Å². The fraction of sp³-hybridized carbons (Fsp3) is 0.357. The first-order chi connectivity index (χ1) is 8.78. The Morgan fingerprint density at radius 3 is 3.00 bits per heavy atom. The Bertz CT molecular complexity index is 493. The number of aryl methyl sites for hydroxylation is 1. The monoisotopic (exact) mass is 307 g/mol. The highest BCUT2D eigenvalue weighted by Gasteiger charge is 2.00. The molecule has 0 radical (unpaired) electrons. The third-order valence-electron chi connectivity index (χ3n) is 2.81. The zero-order valence-electron chi connectivity index (χ0n) is 10.6. The van der Waals surface area contributed by atoms with Crippen molar-refractivity contribution < 1.29 is 0 Å². The molecule has 0 aliphatic heterocycles. The molecule has 1 N–H and O–H groups in total. The number of nitrogens with zero attached hydrogens (tertiary/aromatic N) is 2. The van der Waals surface area contributed by atoms with E-state index in [4.69, 9.17) is 0 Å². The van der Waals surface area contributed by atoms with Crippen molar-refractivity contribution >= 4 is 15.9 Å². The van der Waals surface area contributed by atoms with Gasteiger partial charge in [-0.25, -0.2) is 0 Å². The second-order valence-electron chi connectivity index (χ2n) is 4.38. The molecular formula is C14H18BrN3. The summed E-state index contributed by atoms with van der Waals surface area (Å²) in [7, 11) is 1.98. The molecular weight excluding hydrogens is 290 g/mol. The van der Waals surface area contributed by atoms with Crippen LogP contribution in [0.1, 0.15) is 17.5 Å². The molecule has 3 nitrogen and oxygen atoms in total. The van der Waals surface area contributed by atoms with E-state index in [2.05, 4.69) is 50.7 Å². The van der Waals surface area contributed by atoms with Gasteiger partial charge in [-0.1, -0.05) is 28.1 Å². The van der Waals surface area contributed by atoms with Crippen molar-refractivity contribution in [3.8, 4) is 0 Å². The normalized spacial score (nSPS) is 10.8. The molecule has 0 fully saturated rings. The van der Waals surface area contributed by atoms with Crippen LogP contribution in [0.15, 0.2) is 41.1 Å². The number of hydrogen-bond acceptors (Lipinski definition) is 2. The minimum atomic E-state index is 0.825. The molecule has 0 aliphatic carbocycles. The quantitative estimate of drug-likeness (QED) is 0.832. The zero-order chi connectivity index (χ0) is 12.8. The first-order valence-corrected chi connectivity index (χ1v) is 6.97. The van der Waals surface area contributed by atoms with Gasteiger partial charge in [-0.2, -0.15) is 5.10 Å². The summed E-state index contributed by atoms with van der Waals surface area (Å²) in [6.45, 7) is 1.88. The van der Waals surface area contributed by atoms with Crippen LogP contribution in [0.4, 0.5) is 0 Å². The van der Waals surface area contributed by atoms with E-state index in [0.29, 0.717) is 0 Å². The lowest BCUT2D eigenvalue weighted by molar-refractivity contribution is 0.684. The molecule has 0 amide bonds. The highest BCUT2D eigenvalue weighted by atomic mass is 79.9. The first kappa shape index (κ1) is 13.3. The summed E-state index contributed by atoms with van der Waals surface area (Å²) in [5.41, 5.74) is 2.56. The van der Waals surface area contributed by atoms with Gasteiger partial charge in [0.2, 0.25) is 0 Å². The van der Waals surface area contributed by atoms with Crippen molar-refractivity contribution in [3.05, 3.63) is 52.3 Å². The maximum Gasteiger partial charge on any atom is 0.0659 e. The maximum atomic E-state index is 4.40. The van der Waals surface area contributed by atoms with Crippen LogP contribution in [0.2, 0.25) is 0 Å². The molecule has 18 heavy (non-hydrogen) atoms. The number of rotatable bonds is 6. The van der Waals surface area contributed by atoms with Gasteiger partial charge in [0.15, 0.2) is 0 Å². The number of benzene rings is 1. The Balaban J connectivity index is 1.94. The van der Waals surface area contributed by atoms with Crippen molar-refractivity contribution in [1.29, 1.82) is 0 Å². The summed E-state index contributed by atoms with van der Waals surface area (Å²) < 4.78 is 3.11. The van der Waals surface area contributed by atoms with Gasteiger partial charge in [0.1, 0.15) is 0 Å². The lowest BCUT2D eigenvalue weighted by Crippen LogP contribution is -2.08. The van der Waals surface area contributed by atoms with Crippen molar-refractivity contribution in [1.82, 2.24) is 15.1 Å². The van der Waals surface area contributed by atoms with Gasteiger partial charge in [0.05, 0.1) is 12.7 Å². The molecule has 0 saturated heterocycles. The third-order valence-corrected chi connectivity index (χ3v) is 3.31. The molecule has 96 valence electrons. The Hall–Kier alpha value is -1.13. The minimum Gasteiger partial charge on any atom is -0.320 e. The van der Waals surface area contributed by atoms with E-state index >= 15 is 0 Å². The van der Waals surface area contributed by atoms with E-state index < -0.39 is 0 Å². The van der Waals surface area contributed by atoms with Gasteiger partial charge in [-0.15, -0.1) is 0 Å². The van der Waals surface area contributed by atoms with Crippen LogP contribution in [-0.4, -0.2) is 23.4 Å². The molecule has 0 unspecified atom stereocenters. The summed E-state index contributed by atoms with van der Waals surface area (Å²) in [5, 5.41) is 7.56. The molecule has 0 saturated carbocycles. The predicted molar refractivity (Wildman–Crippen MR) is 77.7 cm³/mol. The molecule has 0 bridgehead atoms. The van der Waals surface area contributed by atoms with E-state index in [0.717, 1.165) is 30.4 Å². The van der Waals surface area contributed by atoms with E-state index in [9.17, 15) is 0 Å². The van der Waals surface area contributed by atoms with Crippen LogP contribution in [0, 0.1) is 0 Å². The average Bonchev–Trinajstić information content (AvgIpc) is 2.77. The fourth-order valence-electron chi connectivity index (χ4n) is 1.91. The standard InChI is InChI=1S/C14H18BrN3/c1-16-7-3-5-13-9-17-18(11-13)10-12-4-2-6-14(15)8-12/h2,4,6,8-9,11,16H,3,5,7,10H2,1H3. The molecule has 4 heteroatoms. The number of nitrogens with one attached hydrogen (secondary N) is 1. The smallest absolute Gasteiger partial charge is 0.0659 e. The molecule has 1 aromatic heterocycles. The van der Waals surface area contributed by atoms with Gasteiger partial charge in [-0.3, -0.25) is 4.68 Å². The zero-order valence-corrected chi connectivity index (χ0v) is 12.2. The van der Waals surface area contributed by atoms with Crippen LogP contribution in [-0.2, 0) is 13.0 Å². The summed E-state index contributed by atoms with van der Waals surface area (Å²) in [6, 6.07) is 8.34. The Morgan fingerprint density at radius 1 is 1.33 bits per heavy atom. The molecule has 1 aromatic carbocycles. The predicted octanol–water partition coefficient (Wildman–Crippen LogP) is 2.85. The van der Waals surface area contributed by atoms with E-state index in [1.165, 1.54) is 11.1 Å². The molecule has 0 aliphatic rings. The lowest BCUT2D eigenvalue weighted by Gasteiger charge is -2.02. The van der Waals surface area contributed by atoms with Gasteiger partial charge < -0.3 is 5.32 Å². The molecule has 0 spiro atoms. The van der Waals surface area contributed by atoms with Crippen molar-refractivity contribution in [2.75, 3.05) is 13.6 Å². The first-order valence-electron chi connectivity index (χ1n) is 6.18. The average molecular weight is 308 g/mol. The highest BCUT2D eigenvalue weighted by molar-refractivity contribution is 9.10. The van der Waals surface area contributed by atoms with Crippen molar-refractivity contribution in [2.24, 2.45) is 0 Å². The Labute approximate surface area is 116 Å². The topological polar surface area (TPSA) is 29.9 Å². The third kappa shape index (κ3) is 3.96. The van der Waals surface area contributed by atoms with Crippen LogP contribution in [0.25, 0.3) is 0 Å². The van der Waals surface area contributed by atoms with Gasteiger partial charge >= 0.3 is 0 Å². The van der Waals surface area contributed by atoms with E-state index in [-0.39, 0.29) is 0 Å². The second-order valence-corrected chi connectivity index (χ2v) is 5.30. The minimum absolute atomic E-state index is 0.825. The van der Waals surface area contributed by atoms with Gasteiger partial charge in [0, 0.05) is 10.7 Å². The fourth-order valence-corrected chi connectivity index (χ4v) is 2.36. The largest absolute Gasteiger partial charge is 0.320 e. The molecule has 1 heterocycles. The van der Waals surface area contributed by atoms with E-state index in [1.54, 1.807) is 0 Å². The van der Waals surface area contributed by atoms with Crippen LogP contribution in [0.3, 0.4) is 0 Å². The lowest BCUT2D eigenvalue weighted by atomic mass is 10.2. The molecule has 0 atom stereocenters. The highest BCUT2D eigenvalue weighted by Crippen LogP contribution is 2.13. The van der Waals surface area contributed by atoms with Crippen LogP contribution in [0.5, 0.6) is 0 Å². The van der Waals surface area contributed by atoms with Crippen molar-refractivity contribution in [2.45, 2.75) is 19.4 Å². The molecule has 2 aromatic rings. The summed E-state index contributed by atoms with van der Waals surface area (Å²) in [6.07, 6.45) is 6.34. The summed E-state index contributed by atoms with van der Waals surface area (Å²) in [4.78, 5) is 0. The molecule has 2 rings (SSSR count). The van der Waals surface area contributed by atoms with Crippen LogP contribution < -0.4 is 5.32 Å². The number of hydrogen-bond donors (Lipinski definition) is 1. The number of halogens is 1. The van der Waals surface area contributed by atoms with E-state index in [1.807, 2.05) is 24.0 Å². The van der Waals surface area contributed by atoms with Crippen molar-refractivity contribution in [3.63, 3.8) is 0 Å². The van der Waals surface area contributed by atoms with Crippen LogP contribution >= 0.6 is 15.9 Å².